The first kappa shape index (κ1) is 32.7. The molecule has 0 bridgehead atoms. The molecule has 2 heterocycles. The summed E-state index contributed by atoms with van der Waals surface area (Å²) in [6, 6.07) is 27.2. The highest BCUT2D eigenvalue weighted by atomic mass is 32.1. The summed E-state index contributed by atoms with van der Waals surface area (Å²) >= 11 is 1.73. The Labute approximate surface area is 273 Å². The predicted molar refractivity (Wildman–Crippen MR) is 191 cm³/mol. The molecule has 0 spiro atoms. The van der Waals surface area contributed by atoms with Gasteiger partial charge in [-0.05, 0) is 78.9 Å². The Hall–Kier alpha value is -3.70. The van der Waals surface area contributed by atoms with Crippen molar-refractivity contribution in [3.8, 4) is 44.5 Å². The molecule has 5 aromatic rings. The second-order valence-corrected chi connectivity index (χ2v) is 12.8. The van der Waals surface area contributed by atoms with Crippen LogP contribution in [-0.4, -0.2) is 23.2 Å². The number of fused-ring (bicyclic) bond motifs is 1. The summed E-state index contributed by atoms with van der Waals surface area (Å²) in [6.07, 6.45) is 15.1. The third-order valence-corrected chi connectivity index (χ3v) is 9.17. The summed E-state index contributed by atoms with van der Waals surface area (Å²) in [4.78, 5) is 11.7. The van der Waals surface area contributed by atoms with E-state index in [1.54, 1.807) is 11.3 Å². The lowest BCUT2D eigenvalue weighted by molar-refractivity contribution is 0.304. The van der Waals surface area contributed by atoms with Crippen molar-refractivity contribution in [3.05, 3.63) is 84.2 Å². The Balaban J connectivity index is 1.35. The number of unbranched alkanes of at least 4 members (excludes halogenated alkanes) is 10. The second-order valence-electron chi connectivity index (χ2n) is 11.9. The lowest BCUT2D eigenvalue weighted by Gasteiger charge is -2.14. The molecule has 5 heteroatoms. The van der Waals surface area contributed by atoms with Crippen LogP contribution in [0.25, 0.3) is 44.0 Å². The Morgan fingerprint density at radius 2 is 1.07 bits per heavy atom. The Bertz CT molecular complexity index is 1560. The average Bonchev–Trinajstić information content (AvgIpc) is 3.62. The van der Waals surface area contributed by atoms with Crippen molar-refractivity contribution in [2.45, 2.75) is 90.9 Å². The highest BCUT2D eigenvalue weighted by Crippen LogP contribution is 2.36. The zero-order valence-electron chi connectivity index (χ0n) is 27.1. The molecule has 236 valence electrons. The molecule has 0 saturated heterocycles. The topological polar surface area (TPSA) is 44.2 Å². The van der Waals surface area contributed by atoms with Gasteiger partial charge < -0.3 is 9.47 Å². The molecule has 0 aliphatic rings. The first-order valence-electron chi connectivity index (χ1n) is 17.1. The van der Waals surface area contributed by atoms with Gasteiger partial charge in [0.1, 0.15) is 11.5 Å². The number of rotatable bonds is 19. The van der Waals surface area contributed by atoms with Crippen LogP contribution in [0.15, 0.2) is 84.2 Å². The summed E-state index contributed by atoms with van der Waals surface area (Å²) < 4.78 is 12.2. The smallest absolute Gasteiger partial charge is 0.119 e. The van der Waals surface area contributed by atoms with E-state index in [4.69, 9.17) is 19.4 Å². The molecule has 0 aliphatic heterocycles. The number of para-hydroxylation sites is 1. The van der Waals surface area contributed by atoms with Gasteiger partial charge in [-0.3, -0.25) is 0 Å². The van der Waals surface area contributed by atoms with E-state index in [0.29, 0.717) is 0 Å². The van der Waals surface area contributed by atoms with E-state index in [-0.39, 0.29) is 0 Å². The van der Waals surface area contributed by atoms with Crippen LogP contribution < -0.4 is 9.47 Å². The van der Waals surface area contributed by atoms with Crippen LogP contribution in [0.5, 0.6) is 11.5 Å². The molecule has 0 radical (unpaired) electrons. The molecule has 2 aromatic heterocycles. The van der Waals surface area contributed by atoms with Crippen LogP contribution >= 0.6 is 11.3 Å². The highest BCUT2D eigenvalue weighted by molar-refractivity contribution is 7.13. The van der Waals surface area contributed by atoms with E-state index in [9.17, 15) is 0 Å². The Morgan fingerprint density at radius 3 is 1.60 bits per heavy atom. The summed E-state index contributed by atoms with van der Waals surface area (Å²) in [5.41, 5.74) is 6.71. The van der Waals surface area contributed by atoms with E-state index >= 15 is 0 Å². The maximum atomic E-state index is 6.09. The third kappa shape index (κ3) is 9.40. The van der Waals surface area contributed by atoms with Crippen LogP contribution in [0.3, 0.4) is 0 Å². The zero-order chi connectivity index (χ0) is 31.1. The van der Waals surface area contributed by atoms with Gasteiger partial charge in [0, 0.05) is 21.6 Å². The lowest BCUT2D eigenvalue weighted by atomic mass is 10.0. The van der Waals surface area contributed by atoms with Gasteiger partial charge in [0.2, 0.25) is 0 Å². The molecule has 0 amide bonds. The van der Waals surface area contributed by atoms with Gasteiger partial charge in [-0.25, -0.2) is 9.97 Å². The predicted octanol–water partition coefficient (Wildman–Crippen LogP) is 12.2. The van der Waals surface area contributed by atoms with Gasteiger partial charge in [0.15, 0.2) is 0 Å². The minimum Gasteiger partial charge on any atom is -0.494 e. The molecule has 0 fully saturated rings. The first-order valence-corrected chi connectivity index (χ1v) is 18.0. The van der Waals surface area contributed by atoms with Crippen LogP contribution in [0.4, 0.5) is 0 Å². The number of ether oxygens (including phenoxy) is 2. The molecule has 0 aliphatic carbocycles. The van der Waals surface area contributed by atoms with Crippen molar-refractivity contribution < 1.29 is 9.47 Å². The van der Waals surface area contributed by atoms with E-state index in [0.717, 1.165) is 76.7 Å². The molecular formula is C40H48N2O2S. The first-order chi connectivity index (χ1) is 22.3. The van der Waals surface area contributed by atoms with Gasteiger partial charge in [-0.15, -0.1) is 11.3 Å². The normalized spacial score (nSPS) is 11.2. The van der Waals surface area contributed by atoms with Gasteiger partial charge in [-0.1, -0.05) is 96.3 Å². The monoisotopic (exact) mass is 620 g/mol. The highest BCUT2D eigenvalue weighted by Gasteiger charge is 2.16. The number of benzene rings is 3. The Kier molecular flexibility index (Phi) is 12.9. The van der Waals surface area contributed by atoms with Crippen molar-refractivity contribution in [2.75, 3.05) is 13.2 Å². The van der Waals surface area contributed by atoms with Crippen LogP contribution in [0, 0.1) is 0 Å². The molecular weight excluding hydrogens is 573 g/mol. The summed E-state index contributed by atoms with van der Waals surface area (Å²) in [5.74, 6) is 1.79. The van der Waals surface area contributed by atoms with E-state index in [1.165, 1.54) is 69.1 Å². The molecule has 0 atom stereocenters. The number of nitrogens with zero attached hydrogens (tertiary/aromatic N) is 2. The van der Waals surface area contributed by atoms with Crippen LogP contribution in [0.1, 0.15) is 90.9 Å². The lowest BCUT2D eigenvalue weighted by Crippen LogP contribution is -1.99. The summed E-state index contributed by atoms with van der Waals surface area (Å²) in [6.45, 7) is 6.02. The molecule has 3 aromatic carbocycles. The fourth-order valence-corrected chi connectivity index (χ4v) is 6.43. The third-order valence-electron chi connectivity index (χ3n) is 8.27. The minimum atomic E-state index is 0.754. The molecule has 5 rings (SSSR count). The van der Waals surface area contributed by atoms with Crippen molar-refractivity contribution in [3.63, 3.8) is 0 Å². The van der Waals surface area contributed by atoms with E-state index in [2.05, 4.69) is 98.1 Å². The van der Waals surface area contributed by atoms with E-state index in [1.807, 2.05) is 0 Å². The van der Waals surface area contributed by atoms with Crippen molar-refractivity contribution >= 4 is 22.4 Å². The SMILES string of the molecule is CCCCCCCCOc1ccc(-c2nc3cccc(-c4cccs4)c3nc2-c2ccc(OCCCCCCCC)cc2)cc1. The van der Waals surface area contributed by atoms with Crippen LogP contribution in [0.2, 0.25) is 0 Å². The molecule has 4 nitrogen and oxygen atoms in total. The molecule has 45 heavy (non-hydrogen) atoms. The number of hydrogen-bond donors (Lipinski definition) is 0. The molecule has 0 unspecified atom stereocenters. The number of hydrogen-bond acceptors (Lipinski definition) is 5. The van der Waals surface area contributed by atoms with Gasteiger partial charge >= 0.3 is 0 Å². The molecule has 0 N–H and O–H groups in total. The Morgan fingerprint density at radius 1 is 0.533 bits per heavy atom. The standard InChI is InChI=1S/C40H48N2O2S/c1-3-5-7-9-11-13-28-43-33-24-20-31(21-25-33)38-39(32-22-26-34(27-23-32)44-29-14-12-10-8-6-4-2)42-40-35(37-19-16-30-45-37)17-15-18-36(40)41-38/h15-27,30H,3-14,28-29H2,1-2H3. The van der Waals surface area contributed by atoms with Crippen molar-refractivity contribution in [2.24, 2.45) is 0 Å². The second kappa shape index (κ2) is 17.7. The average molecular weight is 621 g/mol. The number of aromatic nitrogens is 2. The largest absolute Gasteiger partial charge is 0.494 e. The summed E-state index contributed by atoms with van der Waals surface area (Å²) in [5, 5.41) is 2.11. The fraction of sp³-hybridized carbons (Fsp3) is 0.400. The van der Waals surface area contributed by atoms with Gasteiger partial charge in [0.25, 0.3) is 0 Å². The quantitative estimate of drug-likeness (QED) is 0.0862. The van der Waals surface area contributed by atoms with Crippen molar-refractivity contribution in [1.29, 1.82) is 0 Å². The fourth-order valence-electron chi connectivity index (χ4n) is 5.67. The van der Waals surface area contributed by atoms with Gasteiger partial charge in [-0.2, -0.15) is 0 Å². The van der Waals surface area contributed by atoms with Crippen molar-refractivity contribution in [1.82, 2.24) is 9.97 Å². The number of thiophene rings is 1. The maximum Gasteiger partial charge on any atom is 0.119 e. The summed E-state index contributed by atoms with van der Waals surface area (Å²) in [7, 11) is 0. The maximum absolute atomic E-state index is 6.09. The zero-order valence-corrected chi connectivity index (χ0v) is 27.9. The van der Waals surface area contributed by atoms with Gasteiger partial charge in [0.05, 0.1) is 35.6 Å². The molecule has 0 saturated carbocycles. The minimum absolute atomic E-state index is 0.754. The van der Waals surface area contributed by atoms with E-state index < -0.39 is 0 Å². The van der Waals surface area contributed by atoms with Crippen LogP contribution in [-0.2, 0) is 0 Å².